The van der Waals surface area contributed by atoms with Gasteiger partial charge in [0.25, 0.3) is 0 Å². The lowest BCUT2D eigenvalue weighted by molar-refractivity contribution is -0.130. The Labute approximate surface area is 108 Å². The Balaban J connectivity index is 1.73. The van der Waals surface area contributed by atoms with Gasteiger partial charge >= 0.3 is 0 Å². The number of hydrogen-bond donors (Lipinski definition) is 1. The fourth-order valence-electron chi connectivity index (χ4n) is 2.90. The van der Waals surface area contributed by atoms with Gasteiger partial charge in [-0.2, -0.15) is 0 Å². The fourth-order valence-corrected chi connectivity index (χ4v) is 2.90. The molecular weight excluding hydrogens is 226 g/mol. The number of amides is 1. The number of likely N-dealkylation sites (tertiary alicyclic amines) is 1. The van der Waals surface area contributed by atoms with Gasteiger partial charge in [-0.1, -0.05) is 30.3 Å². The first kappa shape index (κ1) is 11.7. The van der Waals surface area contributed by atoms with E-state index in [1.807, 2.05) is 35.2 Å². The van der Waals surface area contributed by atoms with E-state index in [9.17, 15) is 4.79 Å². The molecule has 3 rings (SSSR count). The van der Waals surface area contributed by atoms with Crippen LogP contribution in [0.4, 0.5) is 0 Å². The molecule has 2 aliphatic heterocycles. The van der Waals surface area contributed by atoms with Crippen LogP contribution in [0.5, 0.6) is 0 Å². The molecule has 96 valence electrons. The van der Waals surface area contributed by atoms with E-state index < -0.39 is 0 Å². The summed E-state index contributed by atoms with van der Waals surface area (Å²) in [5, 5.41) is 3.32. The molecule has 1 amide bonds. The van der Waals surface area contributed by atoms with Gasteiger partial charge in [0.2, 0.25) is 5.91 Å². The molecule has 0 aliphatic carbocycles. The Bertz CT molecular complexity index is 434. The monoisotopic (exact) mass is 245 g/mol. The van der Waals surface area contributed by atoms with E-state index in [2.05, 4.69) is 17.3 Å². The molecule has 0 spiro atoms. The third kappa shape index (κ3) is 2.02. The van der Waals surface area contributed by atoms with E-state index >= 15 is 0 Å². The van der Waals surface area contributed by atoms with Gasteiger partial charge in [0.05, 0.1) is 6.67 Å². The number of carbonyl (C=O) groups is 1. The first-order valence-electron chi connectivity index (χ1n) is 6.53. The number of likely N-dealkylation sites (N-methyl/N-ethyl adjacent to an activating group) is 1. The summed E-state index contributed by atoms with van der Waals surface area (Å²) in [6.07, 6.45) is 1.09. The van der Waals surface area contributed by atoms with Gasteiger partial charge in [-0.15, -0.1) is 0 Å². The second-order valence-electron chi connectivity index (χ2n) is 5.22. The zero-order valence-electron chi connectivity index (χ0n) is 10.7. The summed E-state index contributed by atoms with van der Waals surface area (Å²) >= 11 is 0. The zero-order chi connectivity index (χ0) is 12.5. The third-order valence-electron chi connectivity index (χ3n) is 3.94. The second kappa shape index (κ2) is 4.71. The first-order valence-corrected chi connectivity index (χ1v) is 6.53. The molecule has 18 heavy (non-hydrogen) atoms. The lowest BCUT2D eigenvalue weighted by Crippen LogP contribution is -2.39. The Morgan fingerprint density at radius 1 is 1.28 bits per heavy atom. The van der Waals surface area contributed by atoms with Crippen molar-refractivity contribution in [2.75, 3.05) is 26.8 Å². The minimum absolute atomic E-state index is 0.155. The van der Waals surface area contributed by atoms with Crippen molar-refractivity contribution in [3.05, 3.63) is 35.9 Å². The lowest BCUT2D eigenvalue weighted by Gasteiger charge is -2.23. The van der Waals surface area contributed by atoms with Gasteiger partial charge in [0.1, 0.15) is 6.04 Å². The SMILES string of the molecule is CN1CCC(N2CNC(c3ccccc3)C2=O)C1. The Morgan fingerprint density at radius 3 is 2.72 bits per heavy atom. The normalized spacial score (nSPS) is 29.2. The molecule has 1 aromatic carbocycles. The van der Waals surface area contributed by atoms with Crippen LogP contribution < -0.4 is 5.32 Å². The Morgan fingerprint density at radius 2 is 2.06 bits per heavy atom. The summed E-state index contributed by atoms with van der Waals surface area (Å²) in [7, 11) is 2.11. The number of nitrogens with one attached hydrogen (secondary N) is 1. The summed E-state index contributed by atoms with van der Waals surface area (Å²) < 4.78 is 0. The third-order valence-corrected chi connectivity index (χ3v) is 3.94. The molecule has 0 saturated carbocycles. The maximum Gasteiger partial charge on any atom is 0.245 e. The summed E-state index contributed by atoms with van der Waals surface area (Å²) in [5.74, 6) is 0.224. The molecule has 2 heterocycles. The van der Waals surface area contributed by atoms with Crippen LogP contribution in [-0.2, 0) is 4.79 Å². The molecule has 0 bridgehead atoms. The predicted octanol–water partition coefficient (Wildman–Crippen LogP) is 0.821. The largest absolute Gasteiger partial charge is 0.324 e. The highest BCUT2D eigenvalue weighted by molar-refractivity contribution is 5.85. The number of nitrogens with zero attached hydrogens (tertiary/aromatic N) is 2. The van der Waals surface area contributed by atoms with E-state index in [1.165, 1.54) is 0 Å². The molecule has 2 saturated heterocycles. The summed E-state index contributed by atoms with van der Waals surface area (Å²) in [6, 6.07) is 10.2. The smallest absolute Gasteiger partial charge is 0.245 e. The van der Waals surface area contributed by atoms with Crippen molar-refractivity contribution < 1.29 is 4.79 Å². The van der Waals surface area contributed by atoms with Crippen LogP contribution in [0.3, 0.4) is 0 Å². The van der Waals surface area contributed by atoms with Gasteiger partial charge in [-0.25, -0.2) is 0 Å². The van der Waals surface area contributed by atoms with Crippen LogP contribution in [0.2, 0.25) is 0 Å². The van der Waals surface area contributed by atoms with Gasteiger partial charge in [0.15, 0.2) is 0 Å². The highest BCUT2D eigenvalue weighted by atomic mass is 16.2. The van der Waals surface area contributed by atoms with Gasteiger partial charge in [0, 0.05) is 12.6 Å². The second-order valence-corrected chi connectivity index (χ2v) is 5.22. The molecule has 2 atom stereocenters. The Kier molecular flexibility index (Phi) is 3.06. The van der Waals surface area contributed by atoms with Crippen molar-refractivity contribution in [1.29, 1.82) is 0 Å². The van der Waals surface area contributed by atoms with Crippen LogP contribution in [0, 0.1) is 0 Å². The van der Waals surface area contributed by atoms with Crippen LogP contribution in [0.15, 0.2) is 30.3 Å². The van der Waals surface area contributed by atoms with Crippen molar-refractivity contribution in [3.63, 3.8) is 0 Å². The molecule has 2 unspecified atom stereocenters. The van der Waals surface area contributed by atoms with Crippen molar-refractivity contribution in [3.8, 4) is 0 Å². The average molecular weight is 245 g/mol. The van der Waals surface area contributed by atoms with Gasteiger partial charge in [-0.05, 0) is 25.6 Å². The van der Waals surface area contributed by atoms with Crippen LogP contribution >= 0.6 is 0 Å². The topological polar surface area (TPSA) is 35.6 Å². The molecule has 0 radical (unpaired) electrons. The highest BCUT2D eigenvalue weighted by Crippen LogP contribution is 2.24. The van der Waals surface area contributed by atoms with Crippen molar-refractivity contribution >= 4 is 5.91 Å². The number of benzene rings is 1. The molecule has 2 aliphatic rings. The maximum absolute atomic E-state index is 12.4. The fraction of sp³-hybridized carbons (Fsp3) is 0.500. The van der Waals surface area contributed by atoms with Gasteiger partial charge in [-0.3, -0.25) is 10.1 Å². The van der Waals surface area contributed by atoms with Crippen molar-refractivity contribution in [2.24, 2.45) is 0 Å². The van der Waals surface area contributed by atoms with Crippen molar-refractivity contribution in [1.82, 2.24) is 15.1 Å². The minimum atomic E-state index is -0.155. The number of carbonyl (C=O) groups excluding carboxylic acids is 1. The molecule has 2 fully saturated rings. The van der Waals surface area contributed by atoms with Crippen molar-refractivity contribution in [2.45, 2.75) is 18.5 Å². The van der Waals surface area contributed by atoms with E-state index in [-0.39, 0.29) is 11.9 Å². The minimum Gasteiger partial charge on any atom is -0.324 e. The lowest BCUT2D eigenvalue weighted by atomic mass is 10.1. The van der Waals surface area contributed by atoms with E-state index in [0.29, 0.717) is 12.7 Å². The molecular formula is C14H19N3O. The first-order chi connectivity index (χ1) is 8.75. The van der Waals surface area contributed by atoms with Crippen LogP contribution in [0.1, 0.15) is 18.0 Å². The number of hydrogen-bond acceptors (Lipinski definition) is 3. The quantitative estimate of drug-likeness (QED) is 0.838. The summed E-state index contributed by atoms with van der Waals surface area (Å²) in [6.45, 7) is 2.76. The predicted molar refractivity (Wildman–Crippen MR) is 69.9 cm³/mol. The standard InChI is InChI=1S/C14H19N3O/c1-16-8-7-12(9-16)17-10-15-13(14(17)18)11-5-3-2-4-6-11/h2-6,12-13,15H,7-10H2,1H3. The Hall–Kier alpha value is -1.39. The van der Waals surface area contributed by atoms with Crippen LogP contribution in [-0.4, -0.2) is 48.6 Å². The van der Waals surface area contributed by atoms with Gasteiger partial charge < -0.3 is 9.80 Å². The highest BCUT2D eigenvalue weighted by Gasteiger charge is 2.38. The molecule has 4 nitrogen and oxygen atoms in total. The number of rotatable bonds is 2. The van der Waals surface area contributed by atoms with E-state index in [1.54, 1.807) is 0 Å². The average Bonchev–Trinajstić information content (AvgIpc) is 2.97. The molecule has 1 aromatic rings. The maximum atomic E-state index is 12.4. The zero-order valence-corrected chi connectivity index (χ0v) is 10.7. The van der Waals surface area contributed by atoms with E-state index in [0.717, 1.165) is 25.1 Å². The molecule has 0 aromatic heterocycles. The molecule has 1 N–H and O–H groups in total. The molecule has 4 heteroatoms. The summed E-state index contributed by atoms with van der Waals surface area (Å²) in [4.78, 5) is 16.7. The summed E-state index contributed by atoms with van der Waals surface area (Å²) in [5.41, 5.74) is 1.07. The van der Waals surface area contributed by atoms with E-state index in [4.69, 9.17) is 0 Å². The van der Waals surface area contributed by atoms with Crippen LogP contribution in [0.25, 0.3) is 0 Å².